The molecule has 0 heterocycles. The number of carbonyl (C=O) groups excluding carboxylic acids is 1. The van der Waals surface area contributed by atoms with Crippen molar-refractivity contribution in [3.05, 3.63) is 35.9 Å². The number of nitrogens with one attached hydrogen (secondary N) is 1. The lowest BCUT2D eigenvalue weighted by Crippen LogP contribution is -2.33. The van der Waals surface area contributed by atoms with Gasteiger partial charge in [-0.2, -0.15) is 0 Å². The van der Waals surface area contributed by atoms with E-state index < -0.39 is 0 Å². The van der Waals surface area contributed by atoms with E-state index in [2.05, 4.69) is 27.5 Å². The Hall–Kier alpha value is -1.88. The molecule has 1 amide bonds. The Labute approximate surface area is 101 Å². The molecule has 92 valence electrons. The number of oxime groups is 1. The number of rotatable bonds is 6. The molecule has 17 heavy (non-hydrogen) atoms. The summed E-state index contributed by atoms with van der Waals surface area (Å²) in [5.41, 5.74) is 1.23. The summed E-state index contributed by atoms with van der Waals surface area (Å²) in [6.07, 6.45) is 0.844. The predicted octanol–water partition coefficient (Wildman–Crippen LogP) is 0.695. The third-order valence-electron chi connectivity index (χ3n) is 2.26. The van der Waals surface area contributed by atoms with Crippen LogP contribution >= 0.6 is 0 Å². The molecule has 1 aromatic carbocycles. The fraction of sp³-hybridized carbons (Fsp3) is 0.333. The van der Waals surface area contributed by atoms with Gasteiger partial charge in [0.2, 0.25) is 0 Å². The molecule has 0 spiro atoms. The number of benzene rings is 1. The number of nitrogens with zero attached hydrogens (tertiary/aromatic N) is 2. The Morgan fingerprint density at radius 1 is 1.47 bits per heavy atom. The Kier molecular flexibility index (Phi) is 5.74. The third kappa shape index (κ3) is 5.67. The molecule has 1 rings (SSSR count). The maximum Gasteiger partial charge on any atom is 0.265 e. The molecule has 0 bridgehead atoms. The molecular weight excluding hydrogens is 218 g/mol. The fourth-order valence-corrected chi connectivity index (χ4v) is 1.44. The highest BCUT2D eigenvalue weighted by Gasteiger charge is 2.01. The van der Waals surface area contributed by atoms with Crippen LogP contribution in [-0.2, 0) is 11.3 Å². The molecular formula is C12H17N3O2. The van der Waals surface area contributed by atoms with Gasteiger partial charge in [0.15, 0.2) is 0 Å². The maximum absolute atomic E-state index is 10.9. The van der Waals surface area contributed by atoms with Crippen molar-refractivity contribution in [3.63, 3.8) is 0 Å². The Morgan fingerprint density at radius 2 is 2.18 bits per heavy atom. The molecule has 0 aliphatic rings. The summed E-state index contributed by atoms with van der Waals surface area (Å²) in [5.74, 6) is -0.388. The summed E-state index contributed by atoms with van der Waals surface area (Å²) >= 11 is 0. The number of hydrogen-bond acceptors (Lipinski definition) is 4. The van der Waals surface area contributed by atoms with E-state index in [9.17, 15) is 4.79 Å². The molecule has 0 aliphatic heterocycles. The van der Waals surface area contributed by atoms with Gasteiger partial charge in [0.1, 0.15) is 6.21 Å². The van der Waals surface area contributed by atoms with Gasteiger partial charge in [-0.15, -0.1) is 0 Å². The zero-order valence-corrected chi connectivity index (χ0v) is 9.84. The van der Waals surface area contributed by atoms with Crippen LogP contribution < -0.4 is 5.32 Å². The number of carbonyl (C=O) groups is 1. The molecule has 0 aliphatic carbocycles. The highest BCUT2D eigenvalue weighted by molar-refractivity contribution is 6.25. The van der Waals surface area contributed by atoms with E-state index in [1.807, 2.05) is 25.2 Å². The minimum atomic E-state index is -0.388. The normalized spacial score (nSPS) is 10.9. The largest absolute Gasteiger partial charge is 0.411 e. The number of likely N-dealkylation sites (N-methyl/N-ethyl adjacent to an activating group) is 1. The molecule has 0 radical (unpaired) electrons. The van der Waals surface area contributed by atoms with Crippen molar-refractivity contribution in [1.29, 1.82) is 0 Å². The van der Waals surface area contributed by atoms with Gasteiger partial charge in [0, 0.05) is 19.6 Å². The van der Waals surface area contributed by atoms with E-state index in [1.54, 1.807) is 0 Å². The van der Waals surface area contributed by atoms with E-state index >= 15 is 0 Å². The first-order chi connectivity index (χ1) is 8.22. The molecule has 5 nitrogen and oxygen atoms in total. The lowest BCUT2D eigenvalue weighted by molar-refractivity contribution is -0.114. The fourth-order valence-electron chi connectivity index (χ4n) is 1.44. The number of amides is 1. The van der Waals surface area contributed by atoms with Gasteiger partial charge >= 0.3 is 0 Å². The molecule has 0 aromatic heterocycles. The zero-order valence-electron chi connectivity index (χ0n) is 9.84. The van der Waals surface area contributed by atoms with Crippen LogP contribution in [0.4, 0.5) is 0 Å². The van der Waals surface area contributed by atoms with E-state index in [-0.39, 0.29) is 5.91 Å². The minimum Gasteiger partial charge on any atom is -0.411 e. The summed E-state index contributed by atoms with van der Waals surface area (Å²) in [6.45, 7) is 2.10. The second kappa shape index (κ2) is 7.40. The summed E-state index contributed by atoms with van der Waals surface area (Å²) < 4.78 is 0. The van der Waals surface area contributed by atoms with Crippen LogP contribution in [0.15, 0.2) is 35.5 Å². The Balaban J connectivity index is 2.22. The summed E-state index contributed by atoms with van der Waals surface area (Å²) in [7, 11) is 1.99. The molecule has 0 atom stereocenters. The van der Waals surface area contributed by atoms with Crippen molar-refractivity contribution in [2.75, 3.05) is 20.1 Å². The summed E-state index contributed by atoms with van der Waals surface area (Å²) in [5, 5.41) is 13.4. The van der Waals surface area contributed by atoms with Crippen LogP contribution in [-0.4, -0.2) is 42.4 Å². The topological polar surface area (TPSA) is 64.9 Å². The standard InChI is InChI=1S/C12H17N3O2/c1-15(8-7-13-12(16)9-14-17)10-11-5-3-2-4-6-11/h2-6,9,17H,7-8,10H2,1H3,(H,13,16). The Morgan fingerprint density at radius 3 is 2.82 bits per heavy atom. The van der Waals surface area contributed by atoms with Crippen LogP contribution in [0.5, 0.6) is 0 Å². The molecule has 0 fully saturated rings. The van der Waals surface area contributed by atoms with Crippen molar-refractivity contribution in [1.82, 2.24) is 10.2 Å². The Bertz CT molecular complexity index is 365. The van der Waals surface area contributed by atoms with Crippen LogP contribution in [0.3, 0.4) is 0 Å². The van der Waals surface area contributed by atoms with Gasteiger partial charge in [-0.1, -0.05) is 35.5 Å². The van der Waals surface area contributed by atoms with Gasteiger partial charge in [0.25, 0.3) is 5.91 Å². The second-order valence-electron chi connectivity index (χ2n) is 3.76. The first-order valence-corrected chi connectivity index (χ1v) is 5.40. The van der Waals surface area contributed by atoms with Crippen molar-refractivity contribution < 1.29 is 10.0 Å². The lowest BCUT2D eigenvalue weighted by Gasteiger charge is -2.16. The lowest BCUT2D eigenvalue weighted by atomic mass is 10.2. The zero-order chi connectivity index (χ0) is 12.5. The van der Waals surface area contributed by atoms with Crippen molar-refractivity contribution in [3.8, 4) is 0 Å². The average Bonchev–Trinajstić information content (AvgIpc) is 2.30. The van der Waals surface area contributed by atoms with Gasteiger partial charge in [-0.05, 0) is 12.6 Å². The highest BCUT2D eigenvalue weighted by atomic mass is 16.4. The smallest absolute Gasteiger partial charge is 0.265 e. The molecule has 5 heteroatoms. The minimum absolute atomic E-state index is 0.388. The van der Waals surface area contributed by atoms with Gasteiger partial charge in [0.05, 0.1) is 0 Å². The third-order valence-corrected chi connectivity index (χ3v) is 2.26. The van der Waals surface area contributed by atoms with Gasteiger partial charge in [-0.3, -0.25) is 4.79 Å². The van der Waals surface area contributed by atoms with Crippen LogP contribution in [0.1, 0.15) is 5.56 Å². The second-order valence-corrected chi connectivity index (χ2v) is 3.76. The van der Waals surface area contributed by atoms with Gasteiger partial charge < -0.3 is 15.4 Å². The number of hydrogen-bond donors (Lipinski definition) is 2. The van der Waals surface area contributed by atoms with Crippen molar-refractivity contribution in [2.45, 2.75) is 6.54 Å². The first-order valence-electron chi connectivity index (χ1n) is 5.40. The monoisotopic (exact) mass is 235 g/mol. The molecule has 0 unspecified atom stereocenters. The summed E-state index contributed by atoms with van der Waals surface area (Å²) in [4.78, 5) is 13.0. The predicted molar refractivity (Wildman–Crippen MR) is 66.1 cm³/mol. The molecule has 2 N–H and O–H groups in total. The average molecular weight is 235 g/mol. The molecule has 0 saturated carbocycles. The van der Waals surface area contributed by atoms with Crippen LogP contribution in [0.2, 0.25) is 0 Å². The van der Waals surface area contributed by atoms with Gasteiger partial charge in [-0.25, -0.2) is 0 Å². The maximum atomic E-state index is 10.9. The SMILES string of the molecule is CN(CCNC(=O)C=NO)Cc1ccccc1. The summed E-state index contributed by atoms with van der Waals surface area (Å²) in [6, 6.07) is 10.1. The first kappa shape index (κ1) is 13.2. The molecule has 1 aromatic rings. The van der Waals surface area contributed by atoms with E-state index in [0.717, 1.165) is 19.3 Å². The van der Waals surface area contributed by atoms with E-state index in [1.165, 1.54) is 5.56 Å². The van der Waals surface area contributed by atoms with Crippen LogP contribution in [0, 0.1) is 0 Å². The van der Waals surface area contributed by atoms with E-state index in [4.69, 9.17) is 5.21 Å². The highest BCUT2D eigenvalue weighted by Crippen LogP contribution is 2.01. The van der Waals surface area contributed by atoms with Crippen molar-refractivity contribution >= 4 is 12.1 Å². The molecule has 0 saturated heterocycles. The van der Waals surface area contributed by atoms with E-state index in [0.29, 0.717) is 6.54 Å². The quantitative estimate of drug-likeness (QED) is 0.433. The van der Waals surface area contributed by atoms with Crippen molar-refractivity contribution in [2.24, 2.45) is 5.16 Å². The van der Waals surface area contributed by atoms with Crippen LogP contribution in [0.25, 0.3) is 0 Å².